The van der Waals surface area contributed by atoms with Crippen molar-refractivity contribution in [3.8, 4) is 5.75 Å². The molecule has 0 saturated carbocycles. The summed E-state index contributed by atoms with van der Waals surface area (Å²) in [7, 11) is 1.56. The lowest BCUT2D eigenvalue weighted by Crippen LogP contribution is -2.33. The maximum absolute atomic E-state index is 13.5. The van der Waals surface area contributed by atoms with Crippen LogP contribution in [0, 0.1) is 11.3 Å². The molecule has 4 rings (SSSR count). The Bertz CT molecular complexity index is 1210. The number of benzene rings is 1. The molecule has 7 heteroatoms. The lowest BCUT2D eigenvalue weighted by atomic mass is 9.72. The number of thiophene rings is 1. The Morgan fingerprint density at radius 2 is 2.09 bits per heavy atom. The standard InChI is InChI=1S/C25H31N3O3S/c1-6-18(22(29)27-17-9-7-8-10-19(17)31-5)28-14-26-23-21(24(28)30)16-12-11-15(25(2,3)4)13-20(16)32-23/h7-10,14-15,18H,6,11-13H2,1-5H3,(H,27,29). The van der Waals surface area contributed by atoms with Gasteiger partial charge in [-0.15, -0.1) is 11.3 Å². The lowest BCUT2D eigenvalue weighted by molar-refractivity contribution is -0.119. The monoisotopic (exact) mass is 453 g/mol. The second-order valence-corrected chi connectivity index (χ2v) is 10.6. The van der Waals surface area contributed by atoms with Crippen molar-refractivity contribution in [2.24, 2.45) is 11.3 Å². The summed E-state index contributed by atoms with van der Waals surface area (Å²) in [5.74, 6) is 0.925. The summed E-state index contributed by atoms with van der Waals surface area (Å²) in [6.45, 7) is 8.76. The Balaban J connectivity index is 1.69. The minimum atomic E-state index is -0.647. The molecule has 2 atom stereocenters. The lowest BCUT2D eigenvalue weighted by Gasteiger charge is -2.33. The van der Waals surface area contributed by atoms with Gasteiger partial charge in [-0.1, -0.05) is 39.8 Å². The molecule has 1 aromatic carbocycles. The summed E-state index contributed by atoms with van der Waals surface area (Å²) < 4.78 is 6.83. The minimum absolute atomic E-state index is 0.122. The number of amides is 1. The van der Waals surface area contributed by atoms with Crippen LogP contribution in [-0.4, -0.2) is 22.6 Å². The van der Waals surface area contributed by atoms with Crippen molar-refractivity contribution in [3.05, 3.63) is 51.4 Å². The highest BCUT2D eigenvalue weighted by Crippen LogP contribution is 2.42. The summed E-state index contributed by atoms with van der Waals surface area (Å²) in [5.41, 5.74) is 1.84. The van der Waals surface area contributed by atoms with Gasteiger partial charge in [-0.25, -0.2) is 4.98 Å². The van der Waals surface area contributed by atoms with E-state index in [-0.39, 0.29) is 16.9 Å². The van der Waals surface area contributed by atoms with Gasteiger partial charge >= 0.3 is 0 Å². The Morgan fingerprint density at radius 1 is 1.34 bits per heavy atom. The van der Waals surface area contributed by atoms with Crippen LogP contribution >= 0.6 is 11.3 Å². The molecule has 1 N–H and O–H groups in total. The molecule has 0 aliphatic heterocycles. The summed E-state index contributed by atoms with van der Waals surface area (Å²) in [6.07, 6.45) is 4.96. The highest BCUT2D eigenvalue weighted by atomic mass is 32.1. The van der Waals surface area contributed by atoms with E-state index in [1.54, 1.807) is 30.6 Å². The summed E-state index contributed by atoms with van der Waals surface area (Å²) in [5, 5.41) is 3.61. The molecule has 1 aliphatic carbocycles. The summed E-state index contributed by atoms with van der Waals surface area (Å²) >= 11 is 1.64. The smallest absolute Gasteiger partial charge is 0.263 e. The number of ether oxygens (including phenoxy) is 1. The average molecular weight is 454 g/mol. The molecular formula is C25H31N3O3S. The van der Waals surface area contributed by atoms with Gasteiger partial charge in [0.1, 0.15) is 16.6 Å². The number of methoxy groups -OCH3 is 1. The number of nitrogens with one attached hydrogen (secondary N) is 1. The van der Waals surface area contributed by atoms with Crippen LogP contribution in [0.5, 0.6) is 5.75 Å². The van der Waals surface area contributed by atoms with Gasteiger partial charge < -0.3 is 10.1 Å². The van der Waals surface area contributed by atoms with Gasteiger partial charge in [0.05, 0.1) is 24.5 Å². The highest BCUT2D eigenvalue weighted by Gasteiger charge is 2.32. The Kier molecular flexibility index (Phi) is 6.12. The quantitative estimate of drug-likeness (QED) is 0.576. The van der Waals surface area contributed by atoms with E-state index in [0.717, 1.165) is 29.7 Å². The van der Waals surface area contributed by atoms with Crippen molar-refractivity contribution in [3.63, 3.8) is 0 Å². The van der Waals surface area contributed by atoms with Gasteiger partial charge in [0.25, 0.3) is 5.56 Å². The van der Waals surface area contributed by atoms with Crippen molar-refractivity contribution in [2.75, 3.05) is 12.4 Å². The molecule has 0 fully saturated rings. The van der Waals surface area contributed by atoms with E-state index in [1.807, 2.05) is 19.1 Å². The predicted molar refractivity (Wildman–Crippen MR) is 130 cm³/mol. The molecule has 0 radical (unpaired) electrons. The van der Waals surface area contributed by atoms with E-state index in [2.05, 4.69) is 31.1 Å². The van der Waals surface area contributed by atoms with Gasteiger partial charge in [0, 0.05) is 4.88 Å². The minimum Gasteiger partial charge on any atom is -0.495 e. The molecule has 1 amide bonds. The maximum atomic E-state index is 13.5. The fourth-order valence-electron chi connectivity index (χ4n) is 4.61. The zero-order valence-corrected chi connectivity index (χ0v) is 20.2. The van der Waals surface area contributed by atoms with Gasteiger partial charge in [-0.05, 0) is 54.7 Å². The molecule has 170 valence electrons. The van der Waals surface area contributed by atoms with Crippen LogP contribution < -0.4 is 15.6 Å². The van der Waals surface area contributed by atoms with Crippen molar-refractivity contribution in [1.29, 1.82) is 0 Å². The molecule has 6 nitrogen and oxygen atoms in total. The first kappa shape index (κ1) is 22.5. The van der Waals surface area contributed by atoms with Crippen molar-refractivity contribution in [2.45, 2.75) is 59.4 Å². The van der Waals surface area contributed by atoms with Gasteiger partial charge in [-0.2, -0.15) is 0 Å². The van der Waals surface area contributed by atoms with E-state index < -0.39 is 6.04 Å². The van der Waals surface area contributed by atoms with Crippen LogP contribution in [0.4, 0.5) is 5.69 Å². The number of fused-ring (bicyclic) bond motifs is 3. The first-order chi connectivity index (χ1) is 15.2. The fourth-order valence-corrected chi connectivity index (χ4v) is 5.87. The number of nitrogens with zero attached hydrogens (tertiary/aromatic N) is 2. The third-order valence-corrected chi connectivity index (χ3v) is 7.77. The molecule has 2 aromatic heterocycles. The molecule has 0 bridgehead atoms. The maximum Gasteiger partial charge on any atom is 0.263 e. The number of anilines is 1. The van der Waals surface area contributed by atoms with E-state index in [0.29, 0.717) is 29.2 Å². The highest BCUT2D eigenvalue weighted by molar-refractivity contribution is 7.18. The largest absolute Gasteiger partial charge is 0.495 e. The van der Waals surface area contributed by atoms with Crippen molar-refractivity contribution < 1.29 is 9.53 Å². The van der Waals surface area contributed by atoms with Crippen LogP contribution in [-0.2, 0) is 17.6 Å². The number of hydrogen-bond donors (Lipinski definition) is 1. The summed E-state index contributed by atoms with van der Waals surface area (Å²) in [6, 6.07) is 6.61. The number of rotatable bonds is 5. The SMILES string of the molecule is CCC(C(=O)Nc1ccccc1OC)n1cnc2sc3c(c2c1=O)CCC(C(C)(C)C)C3. The van der Waals surface area contributed by atoms with Crippen molar-refractivity contribution in [1.82, 2.24) is 9.55 Å². The molecule has 2 heterocycles. The molecule has 1 aliphatic rings. The van der Waals surface area contributed by atoms with E-state index in [4.69, 9.17) is 4.74 Å². The van der Waals surface area contributed by atoms with Crippen LogP contribution in [0.25, 0.3) is 10.2 Å². The second-order valence-electron chi connectivity index (χ2n) is 9.56. The Morgan fingerprint density at radius 3 is 2.78 bits per heavy atom. The fraction of sp³-hybridized carbons (Fsp3) is 0.480. The number of aryl methyl sites for hydroxylation is 1. The van der Waals surface area contributed by atoms with E-state index >= 15 is 0 Å². The van der Waals surface area contributed by atoms with Crippen LogP contribution in [0.1, 0.15) is 57.0 Å². The van der Waals surface area contributed by atoms with E-state index in [1.165, 1.54) is 15.8 Å². The van der Waals surface area contributed by atoms with Crippen LogP contribution in [0.2, 0.25) is 0 Å². The molecule has 3 aromatic rings. The molecule has 32 heavy (non-hydrogen) atoms. The number of carbonyl (C=O) groups is 1. The first-order valence-electron chi connectivity index (χ1n) is 11.2. The van der Waals surface area contributed by atoms with Gasteiger partial charge in [0.2, 0.25) is 5.91 Å². The third-order valence-electron chi connectivity index (χ3n) is 6.61. The Labute approximate surface area is 192 Å². The summed E-state index contributed by atoms with van der Waals surface area (Å²) in [4.78, 5) is 33.3. The molecule has 0 spiro atoms. The number of aromatic nitrogens is 2. The molecule has 2 unspecified atom stereocenters. The van der Waals surface area contributed by atoms with E-state index in [9.17, 15) is 9.59 Å². The Hall–Kier alpha value is -2.67. The number of carbonyl (C=O) groups excluding carboxylic acids is 1. The topological polar surface area (TPSA) is 73.2 Å². The first-order valence-corrected chi connectivity index (χ1v) is 12.0. The van der Waals surface area contributed by atoms with Crippen LogP contribution in [0.15, 0.2) is 35.4 Å². The van der Waals surface area contributed by atoms with Gasteiger partial charge in [-0.3, -0.25) is 14.2 Å². The molecular weight excluding hydrogens is 422 g/mol. The van der Waals surface area contributed by atoms with Crippen LogP contribution in [0.3, 0.4) is 0 Å². The predicted octanol–water partition coefficient (Wildman–Crippen LogP) is 5.21. The molecule has 0 saturated heterocycles. The average Bonchev–Trinajstić information content (AvgIpc) is 3.14. The van der Waals surface area contributed by atoms with Gasteiger partial charge in [0.15, 0.2) is 0 Å². The number of hydrogen-bond acceptors (Lipinski definition) is 5. The zero-order chi connectivity index (χ0) is 23.0. The zero-order valence-electron chi connectivity index (χ0n) is 19.4. The second kappa shape index (κ2) is 8.70. The van der Waals surface area contributed by atoms with Crippen molar-refractivity contribution >= 4 is 33.1 Å². The normalized spacial score (nSPS) is 17.1. The number of para-hydroxylation sites is 2. The third kappa shape index (κ3) is 4.06.